The molecule has 0 saturated carbocycles. The van der Waals surface area contributed by atoms with E-state index in [0.29, 0.717) is 16.3 Å². The van der Waals surface area contributed by atoms with E-state index >= 15 is 0 Å². The molecule has 0 fully saturated rings. The number of aliphatic hydroxyl groups excluding tert-OH is 1. The minimum Gasteiger partial charge on any atom is -0.484 e. The second-order valence-corrected chi connectivity index (χ2v) is 5.35. The fraction of sp³-hybridized carbons (Fsp3) is 0.188. The summed E-state index contributed by atoms with van der Waals surface area (Å²) in [5.41, 5.74) is 0.408. The van der Waals surface area contributed by atoms with Gasteiger partial charge in [-0.05, 0) is 42.0 Å². The number of nitro benzene ring substituents is 1. The van der Waals surface area contributed by atoms with Crippen molar-refractivity contribution >= 4 is 23.2 Å². The first kappa shape index (κ1) is 17.7. The van der Waals surface area contributed by atoms with Gasteiger partial charge >= 0.3 is 0 Å². The maximum atomic E-state index is 11.7. The fourth-order valence-corrected chi connectivity index (χ4v) is 2.00. The van der Waals surface area contributed by atoms with Gasteiger partial charge in [0.15, 0.2) is 6.61 Å². The number of nitrogens with one attached hydrogen (secondary N) is 1. The predicted molar refractivity (Wildman–Crippen MR) is 88.0 cm³/mol. The van der Waals surface area contributed by atoms with E-state index in [4.69, 9.17) is 16.3 Å². The fourth-order valence-electron chi connectivity index (χ4n) is 1.88. The number of benzene rings is 2. The van der Waals surface area contributed by atoms with Crippen molar-refractivity contribution in [3.8, 4) is 5.75 Å². The van der Waals surface area contributed by atoms with Crippen LogP contribution in [0.25, 0.3) is 0 Å². The Balaban J connectivity index is 1.78. The first-order valence-corrected chi connectivity index (χ1v) is 7.41. The second kappa shape index (κ2) is 8.28. The zero-order valence-corrected chi connectivity index (χ0v) is 13.3. The van der Waals surface area contributed by atoms with Crippen LogP contribution < -0.4 is 10.1 Å². The Kier molecular flexibility index (Phi) is 6.11. The van der Waals surface area contributed by atoms with Crippen molar-refractivity contribution in [1.82, 2.24) is 5.32 Å². The van der Waals surface area contributed by atoms with E-state index in [-0.39, 0.29) is 18.8 Å². The molecule has 7 nitrogen and oxygen atoms in total. The largest absolute Gasteiger partial charge is 0.484 e. The zero-order valence-electron chi connectivity index (χ0n) is 12.5. The summed E-state index contributed by atoms with van der Waals surface area (Å²) in [4.78, 5) is 21.7. The molecular formula is C16H15ClN2O5. The highest BCUT2D eigenvalue weighted by atomic mass is 35.5. The van der Waals surface area contributed by atoms with Gasteiger partial charge in [-0.1, -0.05) is 11.6 Å². The van der Waals surface area contributed by atoms with E-state index in [1.165, 1.54) is 24.3 Å². The van der Waals surface area contributed by atoms with Gasteiger partial charge in [0.2, 0.25) is 0 Å². The summed E-state index contributed by atoms with van der Waals surface area (Å²) in [6.45, 7) is -0.227. The van der Waals surface area contributed by atoms with Gasteiger partial charge in [-0.25, -0.2) is 0 Å². The van der Waals surface area contributed by atoms with Gasteiger partial charge in [0.05, 0.1) is 11.0 Å². The molecule has 0 radical (unpaired) electrons. The van der Waals surface area contributed by atoms with E-state index in [2.05, 4.69) is 5.32 Å². The molecule has 2 N–H and O–H groups in total. The minimum atomic E-state index is -0.967. The zero-order chi connectivity index (χ0) is 17.5. The number of rotatable bonds is 7. The standard InChI is InChI=1S/C16H15ClN2O5/c17-12-3-7-14(8-4-12)24-10-16(21)18-9-15(20)11-1-5-13(6-2-11)19(22)23/h1-8,15,20H,9-10H2,(H,18,21). The molecule has 2 aromatic carbocycles. The summed E-state index contributed by atoms with van der Waals surface area (Å²) in [7, 11) is 0. The van der Waals surface area contributed by atoms with Gasteiger partial charge in [-0.2, -0.15) is 0 Å². The smallest absolute Gasteiger partial charge is 0.269 e. The Morgan fingerprint density at radius 3 is 2.42 bits per heavy atom. The Morgan fingerprint density at radius 1 is 1.21 bits per heavy atom. The Labute approximate surface area is 143 Å². The lowest BCUT2D eigenvalue weighted by Crippen LogP contribution is -2.32. The Bertz CT molecular complexity index is 703. The number of non-ortho nitro benzene ring substituents is 1. The highest BCUT2D eigenvalue weighted by molar-refractivity contribution is 6.30. The molecule has 0 aliphatic rings. The van der Waals surface area contributed by atoms with Crippen LogP contribution in [0.3, 0.4) is 0 Å². The minimum absolute atomic E-state index is 0.0272. The van der Waals surface area contributed by atoms with E-state index < -0.39 is 16.9 Å². The molecule has 0 bridgehead atoms. The topological polar surface area (TPSA) is 102 Å². The lowest BCUT2D eigenvalue weighted by atomic mass is 10.1. The number of ether oxygens (including phenoxy) is 1. The van der Waals surface area contributed by atoms with Crippen molar-refractivity contribution in [1.29, 1.82) is 0 Å². The number of carbonyl (C=O) groups is 1. The molecule has 1 atom stereocenters. The lowest BCUT2D eigenvalue weighted by Gasteiger charge is -2.12. The molecule has 2 rings (SSSR count). The molecule has 24 heavy (non-hydrogen) atoms. The van der Waals surface area contributed by atoms with Gasteiger partial charge in [0, 0.05) is 23.7 Å². The van der Waals surface area contributed by atoms with Crippen molar-refractivity contribution in [3.63, 3.8) is 0 Å². The summed E-state index contributed by atoms with van der Waals surface area (Å²) < 4.78 is 5.28. The number of nitro groups is 1. The summed E-state index contributed by atoms with van der Waals surface area (Å²) in [6, 6.07) is 12.1. The Morgan fingerprint density at radius 2 is 1.83 bits per heavy atom. The van der Waals surface area contributed by atoms with Crippen LogP contribution in [0.1, 0.15) is 11.7 Å². The number of aliphatic hydroxyl groups is 1. The number of halogens is 1. The summed E-state index contributed by atoms with van der Waals surface area (Å²) in [5, 5.41) is 23.6. The first-order valence-electron chi connectivity index (χ1n) is 7.03. The average molecular weight is 351 g/mol. The van der Waals surface area contributed by atoms with Crippen molar-refractivity contribution in [2.24, 2.45) is 0 Å². The third-order valence-electron chi connectivity index (χ3n) is 3.16. The van der Waals surface area contributed by atoms with Crippen LogP contribution in [-0.2, 0) is 4.79 Å². The van der Waals surface area contributed by atoms with Gasteiger partial charge in [0.1, 0.15) is 5.75 Å². The quantitative estimate of drug-likeness (QED) is 0.590. The molecular weight excluding hydrogens is 336 g/mol. The van der Waals surface area contributed by atoms with Crippen LogP contribution in [-0.4, -0.2) is 29.1 Å². The van der Waals surface area contributed by atoms with E-state index in [9.17, 15) is 20.0 Å². The molecule has 8 heteroatoms. The number of nitrogens with zero attached hydrogens (tertiary/aromatic N) is 1. The normalized spacial score (nSPS) is 11.6. The van der Waals surface area contributed by atoms with Crippen molar-refractivity contribution in [3.05, 3.63) is 69.2 Å². The average Bonchev–Trinajstić information content (AvgIpc) is 2.59. The number of hydrogen-bond acceptors (Lipinski definition) is 5. The summed E-state index contributed by atoms with van der Waals surface area (Å²) in [6.07, 6.45) is -0.967. The second-order valence-electron chi connectivity index (χ2n) is 4.91. The van der Waals surface area contributed by atoms with Crippen molar-refractivity contribution in [2.75, 3.05) is 13.2 Å². The van der Waals surface area contributed by atoms with Gasteiger partial charge in [-0.3, -0.25) is 14.9 Å². The van der Waals surface area contributed by atoms with Crippen molar-refractivity contribution in [2.45, 2.75) is 6.10 Å². The van der Waals surface area contributed by atoms with E-state index in [1.54, 1.807) is 24.3 Å². The molecule has 0 aromatic heterocycles. The third-order valence-corrected chi connectivity index (χ3v) is 3.42. The highest BCUT2D eigenvalue weighted by Crippen LogP contribution is 2.17. The number of hydrogen-bond donors (Lipinski definition) is 2. The van der Waals surface area contributed by atoms with E-state index in [0.717, 1.165) is 0 Å². The van der Waals surface area contributed by atoms with Crippen molar-refractivity contribution < 1.29 is 19.6 Å². The van der Waals surface area contributed by atoms with Crippen LogP contribution >= 0.6 is 11.6 Å². The predicted octanol–water partition coefficient (Wildman–Crippen LogP) is 2.48. The molecule has 2 aromatic rings. The summed E-state index contributed by atoms with van der Waals surface area (Å²) in [5.74, 6) is 0.108. The molecule has 0 spiro atoms. The highest BCUT2D eigenvalue weighted by Gasteiger charge is 2.12. The molecule has 1 unspecified atom stereocenters. The molecule has 1 amide bonds. The summed E-state index contributed by atoms with van der Waals surface area (Å²) >= 11 is 5.74. The molecule has 0 heterocycles. The molecule has 0 saturated heterocycles. The van der Waals surface area contributed by atoms with Crippen LogP contribution in [0.5, 0.6) is 5.75 Å². The Hall–Kier alpha value is -2.64. The molecule has 0 aliphatic heterocycles. The maximum absolute atomic E-state index is 11.7. The van der Waals surface area contributed by atoms with Crippen LogP contribution in [0.4, 0.5) is 5.69 Å². The van der Waals surface area contributed by atoms with Gasteiger partial charge < -0.3 is 15.2 Å². The van der Waals surface area contributed by atoms with Crippen LogP contribution in [0.2, 0.25) is 5.02 Å². The molecule has 126 valence electrons. The third kappa shape index (κ3) is 5.22. The number of amides is 1. The van der Waals surface area contributed by atoms with Gasteiger partial charge in [0.25, 0.3) is 11.6 Å². The number of carbonyl (C=O) groups excluding carboxylic acids is 1. The van der Waals surface area contributed by atoms with Crippen LogP contribution in [0.15, 0.2) is 48.5 Å². The first-order chi connectivity index (χ1) is 11.5. The maximum Gasteiger partial charge on any atom is 0.269 e. The SMILES string of the molecule is O=C(COc1ccc(Cl)cc1)NCC(O)c1ccc([N+](=O)[O-])cc1. The van der Waals surface area contributed by atoms with Gasteiger partial charge in [-0.15, -0.1) is 0 Å². The lowest BCUT2D eigenvalue weighted by molar-refractivity contribution is -0.384. The van der Waals surface area contributed by atoms with Crippen LogP contribution in [0, 0.1) is 10.1 Å². The molecule has 0 aliphatic carbocycles. The monoisotopic (exact) mass is 350 g/mol. The van der Waals surface area contributed by atoms with E-state index in [1.807, 2.05) is 0 Å².